The first-order valence-corrected chi connectivity index (χ1v) is 11.4. The SMILES string of the molecule is CCc1nnc(NC(=O)[C@@H]2CCCN2S(=O)(=O)c2ccc3ccccc3c2)s1. The highest BCUT2D eigenvalue weighted by atomic mass is 32.2. The van der Waals surface area contributed by atoms with Crippen molar-refractivity contribution in [3.8, 4) is 0 Å². The van der Waals surface area contributed by atoms with E-state index in [4.69, 9.17) is 0 Å². The molecule has 0 unspecified atom stereocenters. The van der Waals surface area contributed by atoms with Crippen LogP contribution in [0.5, 0.6) is 0 Å². The fourth-order valence-electron chi connectivity index (χ4n) is 3.39. The highest BCUT2D eigenvalue weighted by molar-refractivity contribution is 7.89. The molecule has 4 rings (SSSR count). The molecule has 1 atom stereocenters. The van der Waals surface area contributed by atoms with Crippen LogP contribution in [0.4, 0.5) is 5.13 Å². The van der Waals surface area contributed by atoms with Crippen LogP contribution < -0.4 is 5.32 Å². The summed E-state index contributed by atoms with van der Waals surface area (Å²) in [5.41, 5.74) is 0. The molecule has 1 fully saturated rings. The van der Waals surface area contributed by atoms with Gasteiger partial charge >= 0.3 is 0 Å². The van der Waals surface area contributed by atoms with Crippen LogP contribution in [0.25, 0.3) is 10.8 Å². The van der Waals surface area contributed by atoms with E-state index >= 15 is 0 Å². The van der Waals surface area contributed by atoms with Crippen molar-refractivity contribution in [1.82, 2.24) is 14.5 Å². The Morgan fingerprint density at radius 2 is 2.00 bits per heavy atom. The highest BCUT2D eigenvalue weighted by Crippen LogP contribution is 2.29. The third-order valence-electron chi connectivity index (χ3n) is 4.83. The number of benzene rings is 2. The van der Waals surface area contributed by atoms with Gasteiger partial charge in [0.2, 0.25) is 21.1 Å². The minimum Gasteiger partial charge on any atom is -0.299 e. The molecule has 0 saturated carbocycles. The summed E-state index contributed by atoms with van der Waals surface area (Å²) in [4.78, 5) is 12.9. The molecule has 0 bridgehead atoms. The van der Waals surface area contributed by atoms with Crippen LogP contribution in [-0.2, 0) is 21.2 Å². The maximum absolute atomic E-state index is 13.2. The predicted octanol–water partition coefficient (Wildman–Crippen LogP) is 3.05. The van der Waals surface area contributed by atoms with E-state index in [1.54, 1.807) is 18.2 Å². The molecule has 1 aliphatic rings. The summed E-state index contributed by atoms with van der Waals surface area (Å²) >= 11 is 1.30. The maximum Gasteiger partial charge on any atom is 0.244 e. The number of sulfonamides is 1. The highest BCUT2D eigenvalue weighted by Gasteiger charge is 2.39. The summed E-state index contributed by atoms with van der Waals surface area (Å²) in [6.45, 7) is 2.28. The zero-order chi connectivity index (χ0) is 19.7. The van der Waals surface area contributed by atoms with Gasteiger partial charge in [-0.05, 0) is 42.2 Å². The van der Waals surface area contributed by atoms with Crippen molar-refractivity contribution in [2.24, 2.45) is 0 Å². The largest absolute Gasteiger partial charge is 0.299 e. The molecular weight excluding hydrogens is 396 g/mol. The van der Waals surface area contributed by atoms with Gasteiger partial charge in [-0.25, -0.2) is 8.42 Å². The number of nitrogens with one attached hydrogen (secondary N) is 1. The maximum atomic E-state index is 13.2. The zero-order valence-electron chi connectivity index (χ0n) is 15.3. The van der Waals surface area contributed by atoms with Crippen LogP contribution in [0.15, 0.2) is 47.4 Å². The normalized spacial score (nSPS) is 17.8. The molecule has 1 saturated heterocycles. The standard InChI is InChI=1S/C19H20N4O3S2/c1-2-17-21-22-19(27-17)20-18(24)16-8-5-11-23(16)28(25,26)15-10-9-13-6-3-4-7-14(13)12-15/h3-4,6-7,9-10,12,16H,2,5,8,11H2,1H3,(H,20,22,24)/t16-/m0/s1. The molecule has 28 heavy (non-hydrogen) atoms. The van der Waals surface area contributed by atoms with Crippen LogP contribution in [-0.4, -0.2) is 41.4 Å². The number of aryl methyl sites for hydroxylation is 1. The summed E-state index contributed by atoms with van der Waals surface area (Å²) in [7, 11) is -3.78. The summed E-state index contributed by atoms with van der Waals surface area (Å²) in [5, 5.41) is 13.7. The second kappa shape index (κ2) is 7.57. The molecule has 1 amide bonds. The minimum atomic E-state index is -3.78. The Bertz CT molecular complexity index is 1130. The van der Waals surface area contributed by atoms with Crippen LogP contribution in [0, 0.1) is 0 Å². The number of carbonyl (C=O) groups is 1. The zero-order valence-corrected chi connectivity index (χ0v) is 17.0. The number of rotatable bonds is 5. The Balaban J connectivity index is 1.59. The minimum absolute atomic E-state index is 0.204. The fraction of sp³-hybridized carbons (Fsp3) is 0.316. The van der Waals surface area contributed by atoms with E-state index in [9.17, 15) is 13.2 Å². The lowest BCUT2D eigenvalue weighted by Gasteiger charge is -2.23. The van der Waals surface area contributed by atoms with Gasteiger partial charge in [0.25, 0.3) is 0 Å². The topological polar surface area (TPSA) is 92.3 Å². The van der Waals surface area contributed by atoms with E-state index in [-0.39, 0.29) is 10.8 Å². The number of carbonyl (C=O) groups excluding carboxylic acids is 1. The van der Waals surface area contributed by atoms with Crippen LogP contribution in [0.3, 0.4) is 0 Å². The molecule has 2 heterocycles. The van der Waals surface area contributed by atoms with Gasteiger partial charge in [-0.3, -0.25) is 10.1 Å². The van der Waals surface area contributed by atoms with Crippen molar-refractivity contribution in [3.05, 3.63) is 47.5 Å². The number of aromatic nitrogens is 2. The van der Waals surface area contributed by atoms with Crippen molar-refractivity contribution in [1.29, 1.82) is 0 Å². The summed E-state index contributed by atoms with van der Waals surface area (Å²) in [6.07, 6.45) is 1.86. The average Bonchev–Trinajstić information content (AvgIpc) is 3.37. The van der Waals surface area contributed by atoms with Gasteiger partial charge in [0, 0.05) is 6.54 Å². The summed E-state index contributed by atoms with van der Waals surface area (Å²) < 4.78 is 27.7. The van der Waals surface area contributed by atoms with Gasteiger partial charge in [0.1, 0.15) is 11.0 Å². The number of fused-ring (bicyclic) bond motifs is 1. The second-order valence-electron chi connectivity index (χ2n) is 6.63. The molecule has 9 heteroatoms. The Morgan fingerprint density at radius 3 is 2.75 bits per heavy atom. The number of anilines is 1. The van der Waals surface area contributed by atoms with Gasteiger partial charge in [-0.2, -0.15) is 4.31 Å². The predicted molar refractivity (Wildman–Crippen MR) is 109 cm³/mol. The quantitative estimate of drug-likeness (QED) is 0.690. The van der Waals surface area contributed by atoms with E-state index in [1.165, 1.54) is 15.6 Å². The van der Waals surface area contributed by atoms with Gasteiger partial charge in [-0.15, -0.1) is 10.2 Å². The first kappa shape index (κ1) is 19.0. The van der Waals surface area contributed by atoms with Gasteiger partial charge in [0.15, 0.2) is 0 Å². The Morgan fingerprint density at radius 1 is 1.21 bits per heavy atom. The molecule has 146 valence electrons. The lowest BCUT2D eigenvalue weighted by Crippen LogP contribution is -2.43. The molecular formula is C19H20N4O3S2. The third-order valence-corrected chi connectivity index (χ3v) is 7.72. The van der Waals surface area contributed by atoms with Crippen LogP contribution >= 0.6 is 11.3 Å². The van der Waals surface area contributed by atoms with Crippen LogP contribution in [0.2, 0.25) is 0 Å². The van der Waals surface area contributed by atoms with Crippen molar-refractivity contribution >= 4 is 43.2 Å². The average molecular weight is 417 g/mol. The molecule has 0 radical (unpaired) electrons. The Hall–Kier alpha value is -2.36. The molecule has 1 aromatic heterocycles. The van der Waals surface area contributed by atoms with Crippen molar-refractivity contribution in [2.45, 2.75) is 37.1 Å². The van der Waals surface area contributed by atoms with Gasteiger partial charge in [0.05, 0.1) is 4.90 Å². The van der Waals surface area contributed by atoms with Crippen LogP contribution in [0.1, 0.15) is 24.8 Å². The molecule has 3 aromatic rings. The summed E-state index contributed by atoms with van der Waals surface area (Å²) in [5.74, 6) is -0.360. The molecule has 0 spiro atoms. The van der Waals surface area contributed by atoms with E-state index < -0.39 is 16.1 Å². The van der Waals surface area contributed by atoms with Gasteiger partial charge < -0.3 is 0 Å². The number of hydrogen-bond acceptors (Lipinski definition) is 6. The monoisotopic (exact) mass is 416 g/mol. The molecule has 0 aliphatic carbocycles. The molecule has 2 aromatic carbocycles. The smallest absolute Gasteiger partial charge is 0.244 e. The second-order valence-corrected chi connectivity index (χ2v) is 9.58. The van der Waals surface area contributed by atoms with E-state index in [0.717, 1.165) is 22.2 Å². The number of hydrogen-bond donors (Lipinski definition) is 1. The lowest BCUT2D eigenvalue weighted by atomic mass is 10.1. The first-order valence-electron chi connectivity index (χ1n) is 9.13. The first-order chi connectivity index (χ1) is 13.5. The fourth-order valence-corrected chi connectivity index (χ4v) is 5.76. The van der Waals surface area contributed by atoms with Gasteiger partial charge in [-0.1, -0.05) is 48.6 Å². The van der Waals surface area contributed by atoms with E-state index in [2.05, 4.69) is 15.5 Å². The number of nitrogens with zero attached hydrogens (tertiary/aromatic N) is 3. The molecule has 7 nitrogen and oxygen atoms in total. The summed E-state index contributed by atoms with van der Waals surface area (Å²) in [6, 6.07) is 11.9. The Kier molecular flexibility index (Phi) is 5.13. The molecule has 1 N–H and O–H groups in total. The lowest BCUT2D eigenvalue weighted by molar-refractivity contribution is -0.119. The third kappa shape index (κ3) is 3.52. The Labute approximate surface area is 167 Å². The van der Waals surface area contributed by atoms with Crippen molar-refractivity contribution < 1.29 is 13.2 Å². The van der Waals surface area contributed by atoms with E-state index in [1.807, 2.05) is 31.2 Å². The van der Waals surface area contributed by atoms with Crippen molar-refractivity contribution in [2.75, 3.05) is 11.9 Å². The van der Waals surface area contributed by atoms with E-state index in [0.29, 0.717) is 24.5 Å². The number of amides is 1. The molecule has 1 aliphatic heterocycles. The van der Waals surface area contributed by atoms with Crippen molar-refractivity contribution in [3.63, 3.8) is 0 Å².